The van der Waals surface area contributed by atoms with Crippen molar-refractivity contribution in [1.29, 1.82) is 0 Å². The number of halogens is 1. The van der Waals surface area contributed by atoms with Crippen molar-refractivity contribution in [3.05, 3.63) is 64.1 Å². The van der Waals surface area contributed by atoms with E-state index in [-0.39, 0.29) is 6.61 Å². The van der Waals surface area contributed by atoms with Crippen molar-refractivity contribution in [3.8, 4) is 11.8 Å². The summed E-state index contributed by atoms with van der Waals surface area (Å²) in [4.78, 5) is 1.25. The molecule has 102 valence electrons. The zero-order valence-electron chi connectivity index (χ0n) is 11.0. The average molecular weight is 347 g/mol. The smallest absolute Gasteiger partial charge is 0.0540 e. The molecule has 1 nitrogen and oxygen atoms in total. The Balaban J connectivity index is 2.00. The van der Waals surface area contributed by atoms with Crippen molar-refractivity contribution in [3.63, 3.8) is 0 Å². The van der Waals surface area contributed by atoms with Gasteiger partial charge in [0.15, 0.2) is 0 Å². The molecule has 0 fully saturated rings. The minimum Gasteiger partial charge on any atom is -0.395 e. The van der Waals surface area contributed by atoms with Crippen molar-refractivity contribution >= 4 is 27.7 Å². The maximum atomic E-state index is 8.72. The van der Waals surface area contributed by atoms with Gasteiger partial charge in [0.25, 0.3) is 0 Å². The summed E-state index contributed by atoms with van der Waals surface area (Å²) < 4.78 is 1.10. The predicted molar refractivity (Wildman–Crippen MR) is 88.7 cm³/mol. The highest BCUT2D eigenvalue weighted by Gasteiger charge is 1.98. The number of hydrogen-bond acceptors (Lipinski definition) is 2. The van der Waals surface area contributed by atoms with Crippen LogP contribution in [-0.2, 0) is 5.75 Å². The molecule has 0 aliphatic carbocycles. The van der Waals surface area contributed by atoms with Gasteiger partial charge < -0.3 is 5.11 Å². The summed E-state index contributed by atoms with van der Waals surface area (Å²) in [6.07, 6.45) is 0.525. The highest BCUT2D eigenvalue weighted by atomic mass is 79.9. The first kappa shape index (κ1) is 15.2. The molecule has 1 N–H and O–H groups in total. The first-order valence-electron chi connectivity index (χ1n) is 6.35. The van der Waals surface area contributed by atoms with E-state index in [0.29, 0.717) is 6.42 Å². The number of aliphatic hydroxyl groups is 1. The molecule has 0 aliphatic heterocycles. The summed E-state index contributed by atoms with van der Waals surface area (Å²) in [5, 5.41) is 8.72. The van der Waals surface area contributed by atoms with Crippen LogP contribution in [0.2, 0.25) is 0 Å². The van der Waals surface area contributed by atoms with Crippen LogP contribution < -0.4 is 0 Å². The Labute approximate surface area is 132 Å². The van der Waals surface area contributed by atoms with Gasteiger partial charge in [-0.2, -0.15) is 0 Å². The van der Waals surface area contributed by atoms with E-state index in [2.05, 4.69) is 52.0 Å². The molecule has 0 amide bonds. The van der Waals surface area contributed by atoms with Gasteiger partial charge in [-0.05, 0) is 35.9 Å². The van der Waals surface area contributed by atoms with Crippen LogP contribution in [0.5, 0.6) is 0 Å². The van der Waals surface area contributed by atoms with E-state index in [1.807, 2.05) is 24.3 Å². The van der Waals surface area contributed by atoms with E-state index >= 15 is 0 Å². The third kappa shape index (κ3) is 5.05. The molecule has 0 heterocycles. The second-order valence-electron chi connectivity index (χ2n) is 4.22. The molecule has 2 rings (SSSR count). The van der Waals surface area contributed by atoms with Gasteiger partial charge in [0.05, 0.1) is 6.61 Å². The summed E-state index contributed by atoms with van der Waals surface area (Å²) in [6, 6.07) is 16.6. The Bertz CT molecular complexity index is 628. The summed E-state index contributed by atoms with van der Waals surface area (Å²) in [5.74, 6) is 6.94. The molecular weight excluding hydrogens is 332 g/mol. The van der Waals surface area contributed by atoms with E-state index in [1.165, 1.54) is 10.5 Å². The average Bonchev–Trinajstić information content (AvgIpc) is 2.46. The molecule has 0 aromatic heterocycles. The Morgan fingerprint density at radius 3 is 2.75 bits per heavy atom. The minimum absolute atomic E-state index is 0.116. The topological polar surface area (TPSA) is 20.2 Å². The zero-order valence-corrected chi connectivity index (χ0v) is 13.4. The monoisotopic (exact) mass is 346 g/mol. The molecule has 20 heavy (non-hydrogen) atoms. The maximum Gasteiger partial charge on any atom is 0.0540 e. The van der Waals surface area contributed by atoms with E-state index in [4.69, 9.17) is 5.11 Å². The van der Waals surface area contributed by atoms with Crippen molar-refractivity contribution in [1.82, 2.24) is 0 Å². The Morgan fingerprint density at radius 1 is 1.10 bits per heavy atom. The van der Waals surface area contributed by atoms with Crippen LogP contribution in [0.4, 0.5) is 0 Å². The third-order valence-electron chi connectivity index (χ3n) is 2.60. The van der Waals surface area contributed by atoms with Crippen LogP contribution in [0.3, 0.4) is 0 Å². The largest absolute Gasteiger partial charge is 0.395 e. The number of rotatable bonds is 4. The summed E-state index contributed by atoms with van der Waals surface area (Å²) in [6.45, 7) is 0.116. The molecule has 0 saturated heterocycles. The van der Waals surface area contributed by atoms with E-state index in [1.54, 1.807) is 11.8 Å². The lowest BCUT2D eigenvalue weighted by Gasteiger charge is -2.03. The van der Waals surface area contributed by atoms with Gasteiger partial charge >= 0.3 is 0 Å². The van der Waals surface area contributed by atoms with Gasteiger partial charge in [-0.25, -0.2) is 0 Å². The zero-order chi connectivity index (χ0) is 14.2. The fourth-order valence-electron chi connectivity index (χ4n) is 1.68. The first-order chi connectivity index (χ1) is 9.78. The lowest BCUT2D eigenvalue weighted by Crippen LogP contribution is -1.83. The molecule has 0 radical (unpaired) electrons. The van der Waals surface area contributed by atoms with Crippen LogP contribution in [0, 0.1) is 11.8 Å². The first-order valence-corrected chi connectivity index (χ1v) is 8.13. The second-order valence-corrected chi connectivity index (χ2v) is 6.19. The fourth-order valence-corrected chi connectivity index (χ4v) is 3.13. The van der Waals surface area contributed by atoms with E-state index in [9.17, 15) is 0 Å². The van der Waals surface area contributed by atoms with Crippen LogP contribution in [0.25, 0.3) is 0 Å². The molecule has 0 unspecified atom stereocenters. The number of benzene rings is 2. The summed E-state index contributed by atoms with van der Waals surface area (Å²) >= 11 is 5.29. The third-order valence-corrected chi connectivity index (χ3v) is 4.16. The maximum absolute atomic E-state index is 8.72. The molecule has 0 bridgehead atoms. The Morgan fingerprint density at radius 2 is 1.95 bits per heavy atom. The normalized spacial score (nSPS) is 9.90. The lowest BCUT2D eigenvalue weighted by atomic mass is 10.1. The molecule has 2 aromatic carbocycles. The minimum atomic E-state index is 0.116. The molecule has 0 aliphatic rings. The number of hydrogen-bond donors (Lipinski definition) is 1. The standard InChI is InChI=1S/C17H15BrOS/c18-16-8-4-9-17(12-16)20-13-15-7-3-6-14(11-15)5-1-2-10-19/h3-4,6-9,11-12,19H,2,10,13H2. The quantitative estimate of drug-likeness (QED) is 0.650. The van der Waals surface area contributed by atoms with Crippen molar-refractivity contribution in [2.24, 2.45) is 0 Å². The molecule has 0 saturated carbocycles. The van der Waals surface area contributed by atoms with E-state index in [0.717, 1.165) is 15.8 Å². The van der Waals surface area contributed by atoms with Gasteiger partial charge in [0.2, 0.25) is 0 Å². The van der Waals surface area contributed by atoms with Crippen LogP contribution in [0.1, 0.15) is 17.5 Å². The SMILES string of the molecule is OCCC#Cc1cccc(CSc2cccc(Br)c2)c1. The van der Waals surface area contributed by atoms with Crippen LogP contribution in [0.15, 0.2) is 57.9 Å². The molecule has 0 spiro atoms. The number of thioether (sulfide) groups is 1. The van der Waals surface area contributed by atoms with Crippen LogP contribution >= 0.6 is 27.7 Å². The Kier molecular flexibility index (Phi) is 6.20. The Hall–Kier alpha value is -1.21. The summed E-state index contributed by atoms with van der Waals surface area (Å²) in [7, 11) is 0. The van der Waals surface area contributed by atoms with Crippen molar-refractivity contribution in [2.75, 3.05) is 6.61 Å². The highest BCUT2D eigenvalue weighted by molar-refractivity contribution is 9.10. The molecule has 2 aromatic rings. The van der Waals surface area contributed by atoms with Crippen molar-refractivity contribution < 1.29 is 5.11 Å². The number of aliphatic hydroxyl groups excluding tert-OH is 1. The lowest BCUT2D eigenvalue weighted by molar-refractivity contribution is 0.305. The van der Waals surface area contributed by atoms with Gasteiger partial charge in [-0.15, -0.1) is 11.8 Å². The molecular formula is C17H15BrOS. The summed E-state index contributed by atoms with van der Waals surface area (Å²) in [5.41, 5.74) is 2.26. The highest BCUT2D eigenvalue weighted by Crippen LogP contribution is 2.25. The van der Waals surface area contributed by atoms with E-state index < -0.39 is 0 Å². The van der Waals surface area contributed by atoms with Crippen molar-refractivity contribution in [2.45, 2.75) is 17.1 Å². The molecule has 0 atom stereocenters. The molecule has 3 heteroatoms. The predicted octanol–water partition coefficient (Wildman–Crippen LogP) is 4.48. The van der Waals surface area contributed by atoms with Crippen LogP contribution in [-0.4, -0.2) is 11.7 Å². The van der Waals surface area contributed by atoms with Gasteiger partial charge in [-0.3, -0.25) is 0 Å². The fraction of sp³-hybridized carbons (Fsp3) is 0.176. The van der Waals surface area contributed by atoms with Gasteiger partial charge in [0.1, 0.15) is 0 Å². The second kappa shape index (κ2) is 8.16. The van der Waals surface area contributed by atoms with Gasteiger partial charge in [-0.1, -0.05) is 46.0 Å². The van der Waals surface area contributed by atoms with Gasteiger partial charge in [0, 0.05) is 27.1 Å².